The lowest BCUT2D eigenvalue weighted by atomic mass is 9.71. The Morgan fingerprint density at radius 3 is 2.41 bits per heavy atom. The summed E-state index contributed by atoms with van der Waals surface area (Å²) in [7, 11) is -2.98. The number of hydrogen-bond donors (Lipinski definition) is 2. The van der Waals surface area contributed by atoms with E-state index in [2.05, 4.69) is 44.6 Å². The molecule has 0 spiro atoms. The maximum absolute atomic E-state index is 12.0. The summed E-state index contributed by atoms with van der Waals surface area (Å²) in [5.74, 6) is 5.04. The Morgan fingerprint density at radius 1 is 0.973 bits per heavy atom. The molecule has 8 nitrogen and oxygen atoms in total. The normalized spacial score (nSPS) is 27.8. The zero-order valence-corrected chi connectivity index (χ0v) is 22.8. The smallest absolute Gasteiger partial charge is 0.153 e. The van der Waals surface area contributed by atoms with Crippen LogP contribution in [0.5, 0.6) is 5.75 Å². The number of nitrogens with one attached hydrogen (secondary N) is 2. The molecule has 1 aromatic heterocycles. The first-order chi connectivity index (χ1) is 17.9. The molecule has 9 heteroatoms. The lowest BCUT2D eigenvalue weighted by molar-refractivity contribution is 0.193. The second-order valence-corrected chi connectivity index (χ2v) is 13.7. The first-order valence-electron chi connectivity index (χ1n) is 14.0. The number of fused-ring (bicyclic) bond motifs is 2. The minimum absolute atomic E-state index is 0.150. The summed E-state index contributed by atoms with van der Waals surface area (Å²) in [5.41, 5.74) is 4.38. The largest absolute Gasteiger partial charge is 0.483 e. The number of ether oxygens (including phenoxy) is 1. The van der Waals surface area contributed by atoms with Gasteiger partial charge in [-0.3, -0.25) is 0 Å². The number of sulfone groups is 1. The summed E-state index contributed by atoms with van der Waals surface area (Å²) in [4.78, 5) is 11.2. The minimum Gasteiger partial charge on any atom is -0.483 e. The van der Waals surface area contributed by atoms with Crippen LogP contribution in [0.2, 0.25) is 0 Å². The van der Waals surface area contributed by atoms with E-state index in [1.807, 2.05) is 6.92 Å². The maximum atomic E-state index is 12.0. The Bertz CT molecular complexity index is 1240. The van der Waals surface area contributed by atoms with Crippen molar-refractivity contribution in [1.29, 1.82) is 0 Å². The fourth-order valence-electron chi connectivity index (χ4n) is 6.93. The molecule has 2 aromatic rings. The molecule has 3 aliphatic heterocycles. The molecule has 4 aliphatic rings. The van der Waals surface area contributed by atoms with Gasteiger partial charge < -0.3 is 20.3 Å². The van der Waals surface area contributed by atoms with Crippen LogP contribution in [0.1, 0.15) is 74.2 Å². The van der Waals surface area contributed by atoms with E-state index in [0.717, 1.165) is 46.0 Å². The van der Waals surface area contributed by atoms with Gasteiger partial charge in [0.25, 0.3) is 0 Å². The van der Waals surface area contributed by atoms with Crippen LogP contribution in [0.3, 0.4) is 0 Å². The Labute approximate surface area is 220 Å². The first kappa shape index (κ1) is 24.9. The van der Waals surface area contributed by atoms with E-state index >= 15 is 0 Å². The van der Waals surface area contributed by atoms with E-state index in [-0.39, 0.29) is 17.6 Å². The van der Waals surface area contributed by atoms with Crippen molar-refractivity contribution in [3.05, 3.63) is 35.2 Å². The Kier molecular flexibility index (Phi) is 6.77. The Hall–Kier alpha value is -2.39. The van der Waals surface area contributed by atoms with Crippen LogP contribution in [0.15, 0.2) is 18.5 Å². The molecule has 2 saturated heterocycles. The molecule has 1 aromatic carbocycles. The average Bonchev–Trinajstić information content (AvgIpc) is 3.05. The van der Waals surface area contributed by atoms with Crippen LogP contribution >= 0.6 is 0 Å². The quantitative estimate of drug-likeness (QED) is 0.605. The van der Waals surface area contributed by atoms with Crippen LogP contribution in [0.4, 0.5) is 17.3 Å². The van der Waals surface area contributed by atoms with Gasteiger partial charge in [0.1, 0.15) is 29.8 Å². The molecule has 37 heavy (non-hydrogen) atoms. The molecule has 4 heterocycles. The van der Waals surface area contributed by atoms with Crippen LogP contribution in [0.25, 0.3) is 0 Å². The topological polar surface area (TPSA) is 96.4 Å². The van der Waals surface area contributed by atoms with Crippen molar-refractivity contribution >= 4 is 27.2 Å². The van der Waals surface area contributed by atoms with Gasteiger partial charge in [-0.25, -0.2) is 18.4 Å². The zero-order chi connectivity index (χ0) is 25.6. The van der Waals surface area contributed by atoms with E-state index in [4.69, 9.17) is 4.74 Å². The molecule has 1 saturated carbocycles. The summed E-state index contributed by atoms with van der Waals surface area (Å²) in [6.45, 7) is 7.40. The zero-order valence-electron chi connectivity index (χ0n) is 22.0. The van der Waals surface area contributed by atoms with Crippen molar-refractivity contribution in [3.63, 3.8) is 0 Å². The Balaban J connectivity index is 1.24. The van der Waals surface area contributed by atoms with Gasteiger partial charge in [0.2, 0.25) is 0 Å². The highest BCUT2D eigenvalue weighted by Crippen LogP contribution is 2.46. The number of aromatic nitrogens is 2. The third-order valence-electron chi connectivity index (χ3n) is 9.05. The van der Waals surface area contributed by atoms with Gasteiger partial charge >= 0.3 is 0 Å². The molecule has 6 rings (SSSR count). The molecule has 2 N–H and O–H groups in total. The average molecular weight is 526 g/mol. The highest BCUT2D eigenvalue weighted by molar-refractivity contribution is 7.91. The van der Waals surface area contributed by atoms with Crippen molar-refractivity contribution in [2.75, 3.05) is 47.9 Å². The number of rotatable bonds is 3. The number of benzene rings is 1. The number of hydrogen-bond acceptors (Lipinski definition) is 8. The monoisotopic (exact) mass is 525 g/mol. The second kappa shape index (κ2) is 10.1. The van der Waals surface area contributed by atoms with Crippen molar-refractivity contribution < 1.29 is 13.2 Å². The molecule has 0 bridgehead atoms. The molecule has 200 valence electrons. The summed E-state index contributed by atoms with van der Waals surface area (Å²) >= 11 is 0. The van der Waals surface area contributed by atoms with Gasteiger partial charge in [-0.15, -0.1) is 0 Å². The van der Waals surface area contributed by atoms with Gasteiger partial charge in [-0.1, -0.05) is 6.07 Å². The third-order valence-corrected chi connectivity index (χ3v) is 10.7. The van der Waals surface area contributed by atoms with Gasteiger partial charge in [-0.2, -0.15) is 0 Å². The number of nitrogens with zero attached hydrogens (tertiary/aromatic N) is 3. The number of anilines is 3. The fraction of sp³-hybridized carbons (Fsp3) is 0.643. The molecule has 0 unspecified atom stereocenters. The van der Waals surface area contributed by atoms with Crippen molar-refractivity contribution in [3.8, 4) is 5.75 Å². The van der Waals surface area contributed by atoms with Crippen molar-refractivity contribution in [1.82, 2.24) is 15.3 Å². The summed E-state index contributed by atoms with van der Waals surface area (Å²) in [6.07, 6.45) is 9.15. The van der Waals surface area contributed by atoms with E-state index in [0.29, 0.717) is 19.0 Å². The minimum atomic E-state index is -2.98. The fourth-order valence-corrected chi connectivity index (χ4v) is 8.13. The van der Waals surface area contributed by atoms with Crippen LogP contribution < -0.4 is 20.3 Å². The summed E-state index contributed by atoms with van der Waals surface area (Å²) in [6, 6.07) is 4.59. The predicted molar refractivity (Wildman–Crippen MR) is 147 cm³/mol. The highest BCUT2D eigenvalue weighted by atomic mass is 32.2. The van der Waals surface area contributed by atoms with E-state index in [9.17, 15) is 8.42 Å². The van der Waals surface area contributed by atoms with E-state index < -0.39 is 9.84 Å². The molecular weight excluding hydrogens is 486 g/mol. The lowest BCUT2D eigenvalue weighted by Gasteiger charge is -2.36. The SMILES string of the molecule is Cc1cc([C@H]2CC[C@@H](C3CCNCC3)CC2)cc2c1O[C@H](C)c1c(ncnc1N1CCS(=O)(=O)CC1)N2. The van der Waals surface area contributed by atoms with Gasteiger partial charge in [0.05, 0.1) is 22.8 Å². The molecule has 1 aliphatic carbocycles. The van der Waals surface area contributed by atoms with Crippen molar-refractivity contribution in [2.45, 2.75) is 64.4 Å². The van der Waals surface area contributed by atoms with E-state index in [1.165, 1.54) is 57.2 Å². The standard InChI is InChI=1S/C28H39N5O3S/c1-18-15-23(21-5-3-20(4-6-21)22-7-9-29-10-8-22)16-24-26(18)36-19(2)25-27(32-24)30-17-31-28(25)33-11-13-37(34,35)14-12-33/h15-17,19-22,29H,3-14H2,1-2H3,(H,30,31,32)/t19-,20-,21+/m1/s1. The predicted octanol–water partition coefficient (Wildman–Crippen LogP) is 4.49. The molecule has 0 radical (unpaired) electrons. The number of aryl methyl sites for hydroxylation is 1. The molecule has 3 fully saturated rings. The van der Waals surface area contributed by atoms with Crippen LogP contribution in [-0.4, -0.2) is 56.1 Å². The van der Waals surface area contributed by atoms with Gasteiger partial charge in [-0.05, 0) is 100 Å². The molecular formula is C28H39N5O3S. The van der Waals surface area contributed by atoms with Crippen LogP contribution in [-0.2, 0) is 9.84 Å². The second-order valence-electron chi connectivity index (χ2n) is 11.4. The number of piperidine rings is 1. The Morgan fingerprint density at radius 2 is 1.68 bits per heavy atom. The highest BCUT2D eigenvalue weighted by Gasteiger charge is 2.33. The van der Waals surface area contributed by atoms with Gasteiger partial charge in [0, 0.05) is 13.1 Å². The summed E-state index contributed by atoms with van der Waals surface area (Å²) < 4.78 is 30.5. The lowest BCUT2D eigenvalue weighted by Crippen LogP contribution is -2.41. The molecule has 1 atom stereocenters. The van der Waals surface area contributed by atoms with Crippen LogP contribution in [0, 0.1) is 18.8 Å². The molecule has 0 amide bonds. The van der Waals surface area contributed by atoms with Crippen molar-refractivity contribution in [2.24, 2.45) is 11.8 Å². The van der Waals surface area contributed by atoms with E-state index in [1.54, 1.807) is 6.33 Å². The van der Waals surface area contributed by atoms with Gasteiger partial charge in [0.15, 0.2) is 9.84 Å². The third kappa shape index (κ3) is 5.04. The first-order valence-corrected chi connectivity index (χ1v) is 15.8. The maximum Gasteiger partial charge on any atom is 0.153 e. The summed E-state index contributed by atoms with van der Waals surface area (Å²) in [5, 5.41) is 7.09.